The van der Waals surface area contributed by atoms with Crippen LogP contribution in [0.3, 0.4) is 0 Å². The molecule has 1 aliphatic rings. The highest BCUT2D eigenvalue weighted by Gasteiger charge is 2.14. The summed E-state index contributed by atoms with van der Waals surface area (Å²) in [5.41, 5.74) is 2.18. The molecule has 3 aromatic rings. The molecule has 1 N–H and O–H groups in total. The lowest BCUT2D eigenvalue weighted by Crippen LogP contribution is -2.12. The van der Waals surface area contributed by atoms with E-state index in [1.54, 1.807) is 31.2 Å². The van der Waals surface area contributed by atoms with E-state index in [0.29, 0.717) is 47.4 Å². The highest BCUT2D eigenvalue weighted by molar-refractivity contribution is 6.05. The number of aromatic nitrogens is 2. The minimum atomic E-state index is -0.264. The summed E-state index contributed by atoms with van der Waals surface area (Å²) in [6.07, 6.45) is 2.30. The van der Waals surface area contributed by atoms with E-state index in [4.69, 9.17) is 14.0 Å². The van der Waals surface area contributed by atoms with Crippen molar-refractivity contribution in [1.29, 1.82) is 0 Å². The molecule has 7 nitrogen and oxygen atoms in total. The first kappa shape index (κ1) is 14.5. The van der Waals surface area contributed by atoms with Crippen LogP contribution in [-0.4, -0.2) is 29.3 Å². The molecule has 1 aromatic carbocycles. The highest BCUT2D eigenvalue weighted by atomic mass is 16.5. The summed E-state index contributed by atoms with van der Waals surface area (Å²) in [5.74, 6) is 1.06. The number of nitrogens with zero attached hydrogens (tertiary/aromatic N) is 2. The van der Waals surface area contributed by atoms with Gasteiger partial charge in [0.15, 0.2) is 11.5 Å². The third-order valence-corrected chi connectivity index (χ3v) is 3.78. The van der Waals surface area contributed by atoms with Gasteiger partial charge in [-0.3, -0.25) is 4.79 Å². The fourth-order valence-corrected chi connectivity index (χ4v) is 2.51. The van der Waals surface area contributed by atoms with Crippen LogP contribution < -0.4 is 14.8 Å². The number of nitrogens with one attached hydrogen (secondary N) is 1. The average molecular weight is 325 g/mol. The van der Waals surface area contributed by atoms with Gasteiger partial charge in [-0.1, -0.05) is 5.16 Å². The van der Waals surface area contributed by atoms with E-state index in [9.17, 15) is 4.79 Å². The number of fused-ring (bicyclic) bond motifs is 2. The molecule has 0 saturated carbocycles. The number of hydrogen-bond donors (Lipinski definition) is 1. The SMILES string of the molecule is Cc1noc2ncc(C(=O)Nc3ccc4c(c3)OCCCO4)cc12. The Balaban J connectivity index is 1.58. The lowest BCUT2D eigenvalue weighted by Gasteiger charge is -2.10. The molecular formula is C17H15N3O4. The first-order chi connectivity index (χ1) is 11.7. The van der Waals surface area contributed by atoms with Crippen LogP contribution >= 0.6 is 0 Å². The standard InChI is InChI=1S/C17H15N3O4/c1-10-13-7-11(9-18-17(13)24-20-10)16(21)19-12-3-4-14-15(8-12)23-6-2-5-22-14/h3-4,7-9H,2,5-6H2,1H3,(H,19,21). The van der Waals surface area contributed by atoms with Gasteiger partial charge in [-0.05, 0) is 25.1 Å². The highest BCUT2D eigenvalue weighted by Crippen LogP contribution is 2.32. The van der Waals surface area contributed by atoms with E-state index < -0.39 is 0 Å². The second kappa shape index (κ2) is 5.84. The minimum absolute atomic E-state index is 0.264. The van der Waals surface area contributed by atoms with Crippen molar-refractivity contribution in [2.75, 3.05) is 18.5 Å². The van der Waals surface area contributed by atoms with Crippen LogP contribution in [0.1, 0.15) is 22.5 Å². The Labute approximate surface area is 137 Å². The molecule has 122 valence electrons. The van der Waals surface area contributed by atoms with Crippen molar-refractivity contribution in [1.82, 2.24) is 10.1 Å². The molecule has 7 heteroatoms. The van der Waals surface area contributed by atoms with Gasteiger partial charge in [-0.2, -0.15) is 0 Å². The zero-order valence-electron chi connectivity index (χ0n) is 13.0. The number of rotatable bonds is 2. The summed E-state index contributed by atoms with van der Waals surface area (Å²) in [4.78, 5) is 16.6. The van der Waals surface area contributed by atoms with Crippen LogP contribution in [-0.2, 0) is 0 Å². The van der Waals surface area contributed by atoms with Gasteiger partial charge in [0.1, 0.15) is 0 Å². The monoisotopic (exact) mass is 325 g/mol. The molecule has 3 heterocycles. The van der Waals surface area contributed by atoms with E-state index in [1.807, 2.05) is 0 Å². The van der Waals surface area contributed by atoms with Crippen molar-refractivity contribution < 1.29 is 18.8 Å². The zero-order valence-corrected chi connectivity index (χ0v) is 13.0. The Bertz CT molecular complexity index is 919. The summed E-state index contributed by atoms with van der Waals surface area (Å²) >= 11 is 0. The van der Waals surface area contributed by atoms with Gasteiger partial charge in [-0.15, -0.1) is 0 Å². The Kier molecular flexibility index (Phi) is 3.53. The van der Waals surface area contributed by atoms with E-state index in [-0.39, 0.29) is 5.91 Å². The number of amides is 1. The molecule has 0 spiro atoms. The van der Waals surface area contributed by atoms with Gasteiger partial charge >= 0.3 is 0 Å². The lowest BCUT2D eigenvalue weighted by molar-refractivity contribution is 0.102. The molecule has 0 bridgehead atoms. The zero-order chi connectivity index (χ0) is 16.5. The smallest absolute Gasteiger partial charge is 0.257 e. The molecule has 0 unspecified atom stereocenters. The Morgan fingerprint density at radius 2 is 2.00 bits per heavy atom. The fourth-order valence-electron chi connectivity index (χ4n) is 2.51. The molecule has 4 rings (SSSR count). The Hall–Kier alpha value is -3.09. The van der Waals surface area contributed by atoms with Gasteiger partial charge in [0, 0.05) is 24.4 Å². The van der Waals surface area contributed by atoms with Gasteiger partial charge < -0.3 is 19.3 Å². The van der Waals surface area contributed by atoms with Crippen molar-refractivity contribution in [3.8, 4) is 11.5 Å². The van der Waals surface area contributed by atoms with Crippen LogP contribution in [0, 0.1) is 6.92 Å². The number of hydrogen-bond acceptors (Lipinski definition) is 6. The quantitative estimate of drug-likeness (QED) is 0.779. The number of benzene rings is 1. The van der Waals surface area contributed by atoms with E-state index in [2.05, 4.69) is 15.5 Å². The minimum Gasteiger partial charge on any atom is -0.490 e. The summed E-state index contributed by atoms with van der Waals surface area (Å²) < 4.78 is 16.3. The number of aryl methyl sites for hydroxylation is 1. The molecule has 0 aliphatic carbocycles. The topological polar surface area (TPSA) is 86.5 Å². The molecule has 1 amide bonds. The Morgan fingerprint density at radius 1 is 1.17 bits per heavy atom. The maximum absolute atomic E-state index is 12.5. The molecule has 1 aliphatic heterocycles. The first-order valence-corrected chi connectivity index (χ1v) is 7.64. The summed E-state index contributed by atoms with van der Waals surface area (Å²) in [6, 6.07) is 7.05. The maximum atomic E-state index is 12.5. The molecular weight excluding hydrogens is 310 g/mol. The van der Waals surface area contributed by atoms with E-state index in [0.717, 1.165) is 11.8 Å². The van der Waals surface area contributed by atoms with Crippen LogP contribution in [0.25, 0.3) is 11.1 Å². The summed E-state index contributed by atoms with van der Waals surface area (Å²) in [6.45, 7) is 3.03. The maximum Gasteiger partial charge on any atom is 0.257 e. The summed E-state index contributed by atoms with van der Waals surface area (Å²) in [7, 11) is 0. The van der Waals surface area contributed by atoms with Crippen LogP contribution in [0.15, 0.2) is 35.0 Å². The molecule has 24 heavy (non-hydrogen) atoms. The fraction of sp³-hybridized carbons (Fsp3) is 0.235. The van der Waals surface area contributed by atoms with Crippen molar-refractivity contribution in [3.63, 3.8) is 0 Å². The molecule has 0 fully saturated rings. The van der Waals surface area contributed by atoms with Crippen molar-refractivity contribution in [2.45, 2.75) is 13.3 Å². The van der Waals surface area contributed by atoms with Crippen LogP contribution in [0.5, 0.6) is 11.5 Å². The van der Waals surface area contributed by atoms with Gasteiger partial charge in [0.25, 0.3) is 11.6 Å². The molecule has 2 aromatic heterocycles. The van der Waals surface area contributed by atoms with E-state index >= 15 is 0 Å². The third kappa shape index (κ3) is 2.64. The number of carbonyl (C=O) groups excluding carboxylic acids is 1. The van der Waals surface area contributed by atoms with Crippen molar-refractivity contribution in [2.24, 2.45) is 0 Å². The predicted octanol–water partition coefficient (Wildman–Crippen LogP) is 2.94. The van der Waals surface area contributed by atoms with Crippen LogP contribution in [0.4, 0.5) is 5.69 Å². The number of anilines is 1. The lowest BCUT2D eigenvalue weighted by atomic mass is 10.2. The second-order valence-electron chi connectivity index (χ2n) is 5.51. The normalized spacial score (nSPS) is 13.5. The Morgan fingerprint density at radius 3 is 2.88 bits per heavy atom. The molecule has 0 radical (unpaired) electrons. The number of carbonyl (C=O) groups is 1. The largest absolute Gasteiger partial charge is 0.490 e. The number of pyridine rings is 1. The average Bonchev–Trinajstić information content (AvgIpc) is 2.81. The van der Waals surface area contributed by atoms with Crippen molar-refractivity contribution >= 4 is 22.7 Å². The summed E-state index contributed by atoms with van der Waals surface area (Å²) in [5, 5.41) is 7.40. The number of ether oxygens (including phenoxy) is 2. The predicted molar refractivity (Wildman–Crippen MR) is 86.5 cm³/mol. The van der Waals surface area contributed by atoms with Gasteiger partial charge in [0.2, 0.25) is 0 Å². The first-order valence-electron chi connectivity index (χ1n) is 7.64. The molecule has 0 atom stereocenters. The van der Waals surface area contributed by atoms with Gasteiger partial charge in [-0.25, -0.2) is 4.98 Å². The third-order valence-electron chi connectivity index (χ3n) is 3.78. The van der Waals surface area contributed by atoms with Crippen molar-refractivity contribution in [3.05, 3.63) is 41.7 Å². The second-order valence-corrected chi connectivity index (χ2v) is 5.51. The van der Waals surface area contributed by atoms with Gasteiger partial charge in [0.05, 0.1) is 29.9 Å². The molecule has 0 saturated heterocycles. The van der Waals surface area contributed by atoms with E-state index in [1.165, 1.54) is 6.20 Å². The van der Waals surface area contributed by atoms with Crippen LogP contribution in [0.2, 0.25) is 0 Å².